The molecule has 2 amide bonds. The number of anilines is 1. The maximum Gasteiger partial charge on any atom is 0.256 e. The minimum atomic E-state index is -0.0504. The quantitative estimate of drug-likeness (QED) is 0.414. The highest BCUT2D eigenvalue weighted by Crippen LogP contribution is 2.25. The summed E-state index contributed by atoms with van der Waals surface area (Å²) in [5.41, 5.74) is 3.80. The minimum absolute atomic E-state index is 0.00125. The molecule has 0 aliphatic carbocycles. The Morgan fingerprint density at radius 1 is 1.06 bits per heavy atom. The average Bonchev–Trinajstić information content (AvgIpc) is 3.10. The summed E-state index contributed by atoms with van der Waals surface area (Å²) in [6, 6.07) is 8.02. The number of nitrogens with zero attached hydrogens (tertiary/aromatic N) is 1. The van der Waals surface area contributed by atoms with E-state index >= 15 is 0 Å². The lowest BCUT2D eigenvalue weighted by atomic mass is 10.1. The number of carbonyl (C=O) groups is 2. The monoisotopic (exact) mass is 429 g/mol. The van der Waals surface area contributed by atoms with E-state index in [4.69, 9.17) is 4.74 Å². The zero-order chi connectivity index (χ0) is 22.8. The first kappa shape index (κ1) is 24.2. The zero-order valence-corrected chi connectivity index (χ0v) is 19.2. The fourth-order valence-corrected chi connectivity index (χ4v) is 2.90. The van der Waals surface area contributed by atoms with Crippen LogP contribution in [0.4, 0.5) is 5.69 Å². The van der Waals surface area contributed by atoms with Crippen LogP contribution in [0.1, 0.15) is 56.9 Å². The van der Waals surface area contributed by atoms with E-state index in [0.29, 0.717) is 44.2 Å². The number of hydrogen-bond acceptors (Lipinski definition) is 5. The van der Waals surface area contributed by atoms with Crippen LogP contribution in [-0.4, -0.2) is 35.1 Å². The van der Waals surface area contributed by atoms with Crippen molar-refractivity contribution in [2.24, 2.45) is 5.92 Å². The lowest BCUT2D eigenvalue weighted by molar-refractivity contribution is -0.123. The summed E-state index contributed by atoms with van der Waals surface area (Å²) in [4.78, 5) is 23.9. The Balaban J connectivity index is 1.68. The molecule has 4 N–H and O–H groups in total. The van der Waals surface area contributed by atoms with Gasteiger partial charge in [0.25, 0.3) is 5.88 Å². The topological polar surface area (TPSA) is 108 Å². The summed E-state index contributed by atoms with van der Waals surface area (Å²) in [5.74, 6) is 0.887. The van der Waals surface area contributed by atoms with Crippen LogP contribution < -0.4 is 20.7 Å². The number of nitrogens with one attached hydrogen (secondary N) is 4. The Bertz CT molecular complexity index is 845. The molecule has 0 aliphatic rings. The minimum Gasteiger partial charge on any atom is -0.470 e. The molecule has 31 heavy (non-hydrogen) atoms. The number of amides is 2. The molecule has 1 aromatic heterocycles. The van der Waals surface area contributed by atoms with Gasteiger partial charge in [0.15, 0.2) is 0 Å². The molecular formula is C23H35N5O3. The molecule has 0 fully saturated rings. The maximum atomic E-state index is 12.0. The summed E-state index contributed by atoms with van der Waals surface area (Å²) in [6.07, 6.45) is 1.25. The molecular weight excluding hydrogens is 394 g/mol. The predicted molar refractivity (Wildman–Crippen MR) is 122 cm³/mol. The molecule has 1 heterocycles. The Labute approximate surface area is 184 Å². The van der Waals surface area contributed by atoms with Crippen LogP contribution in [0.25, 0.3) is 0 Å². The van der Waals surface area contributed by atoms with Gasteiger partial charge in [-0.3, -0.25) is 14.7 Å². The fourth-order valence-electron chi connectivity index (χ4n) is 2.90. The molecule has 0 saturated heterocycles. The highest BCUT2D eigenvalue weighted by atomic mass is 16.5. The lowest BCUT2D eigenvalue weighted by Gasteiger charge is -2.17. The number of aryl methyl sites for hydroxylation is 1. The van der Waals surface area contributed by atoms with Crippen molar-refractivity contribution < 1.29 is 14.3 Å². The Morgan fingerprint density at radius 2 is 1.71 bits per heavy atom. The third kappa shape index (κ3) is 7.96. The molecule has 0 saturated carbocycles. The molecule has 2 aromatic rings. The summed E-state index contributed by atoms with van der Waals surface area (Å²) in [7, 11) is 1.83. The third-order valence-corrected chi connectivity index (χ3v) is 5.25. The number of H-pyrrole nitrogens is 1. The van der Waals surface area contributed by atoms with Gasteiger partial charge in [-0.05, 0) is 37.3 Å². The van der Waals surface area contributed by atoms with E-state index in [2.05, 4.69) is 40.0 Å². The van der Waals surface area contributed by atoms with Crippen molar-refractivity contribution in [2.45, 2.75) is 66.2 Å². The lowest BCUT2D eigenvalue weighted by Crippen LogP contribution is -2.36. The SMILES string of the molecule is CNc1c(OCc2ccc(CNC(=O)CCCC(=O)NC(C)C(C)C)cc2)n[nH]c1C. The molecule has 170 valence electrons. The first-order chi connectivity index (χ1) is 14.8. The van der Waals surface area contributed by atoms with Crippen LogP contribution in [0.2, 0.25) is 0 Å². The smallest absolute Gasteiger partial charge is 0.256 e. The number of aromatic amines is 1. The van der Waals surface area contributed by atoms with Crippen molar-refractivity contribution in [2.75, 3.05) is 12.4 Å². The fraction of sp³-hybridized carbons (Fsp3) is 0.522. The second kappa shape index (κ2) is 12.0. The zero-order valence-electron chi connectivity index (χ0n) is 19.2. The van der Waals surface area contributed by atoms with Crippen molar-refractivity contribution in [3.63, 3.8) is 0 Å². The van der Waals surface area contributed by atoms with Crippen LogP contribution in [0, 0.1) is 12.8 Å². The van der Waals surface area contributed by atoms with Gasteiger partial charge < -0.3 is 20.7 Å². The van der Waals surface area contributed by atoms with Crippen molar-refractivity contribution in [3.8, 4) is 5.88 Å². The highest BCUT2D eigenvalue weighted by molar-refractivity contribution is 5.79. The van der Waals surface area contributed by atoms with Crippen LogP contribution in [-0.2, 0) is 22.7 Å². The molecule has 8 heteroatoms. The van der Waals surface area contributed by atoms with Gasteiger partial charge in [-0.1, -0.05) is 38.1 Å². The summed E-state index contributed by atoms with van der Waals surface area (Å²) < 4.78 is 5.77. The number of benzene rings is 1. The first-order valence-electron chi connectivity index (χ1n) is 10.8. The van der Waals surface area contributed by atoms with Gasteiger partial charge in [0.2, 0.25) is 11.8 Å². The molecule has 1 aromatic carbocycles. The van der Waals surface area contributed by atoms with Crippen LogP contribution in [0.3, 0.4) is 0 Å². The largest absolute Gasteiger partial charge is 0.470 e. The van der Waals surface area contributed by atoms with Crippen LogP contribution >= 0.6 is 0 Å². The van der Waals surface area contributed by atoms with Crippen molar-refractivity contribution >= 4 is 17.5 Å². The van der Waals surface area contributed by atoms with Gasteiger partial charge in [0, 0.05) is 32.5 Å². The number of rotatable bonds is 12. The number of hydrogen-bond donors (Lipinski definition) is 4. The van der Waals surface area contributed by atoms with E-state index in [1.807, 2.05) is 45.2 Å². The van der Waals surface area contributed by atoms with E-state index in [9.17, 15) is 9.59 Å². The number of carbonyl (C=O) groups excluding carboxylic acids is 2. The number of ether oxygens (including phenoxy) is 1. The summed E-state index contributed by atoms with van der Waals surface area (Å²) in [6.45, 7) is 8.92. The summed E-state index contributed by atoms with van der Waals surface area (Å²) in [5, 5.41) is 16.0. The van der Waals surface area contributed by atoms with Gasteiger partial charge in [0.05, 0.1) is 5.69 Å². The van der Waals surface area contributed by atoms with Crippen molar-refractivity contribution in [1.82, 2.24) is 20.8 Å². The van der Waals surface area contributed by atoms with Crippen molar-refractivity contribution in [3.05, 3.63) is 41.1 Å². The predicted octanol–water partition coefficient (Wildman–Crippen LogP) is 3.29. The maximum absolute atomic E-state index is 12.0. The van der Waals surface area contributed by atoms with E-state index in [-0.39, 0.29) is 17.9 Å². The molecule has 0 spiro atoms. The molecule has 8 nitrogen and oxygen atoms in total. The standard InChI is InChI=1S/C23H35N5O3/c1-15(2)16(3)26-21(30)8-6-7-20(29)25-13-18-9-11-19(12-10-18)14-31-23-22(24-5)17(4)27-28-23/h9-12,15-16,24H,6-8,13-14H2,1-5H3,(H,25,29)(H,26,30)(H,27,28). The van der Waals surface area contributed by atoms with Crippen LogP contribution in [0.5, 0.6) is 5.88 Å². The highest BCUT2D eigenvalue weighted by Gasteiger charge is 2.12. The molecule has 0 radical (unpaired) electrons. The Morgan fingerprint density at radius 3 is 2.35 bits per heavy atom. The van der Waals surface area contributed by atoms with Gasteiger partial charge in [-0.25, -0.2) is 0 Å². The van der Waals surface area contributed by atoms with E-state index in [0.717, 1.165) is 22.5 Å². The normalized spacial score (nSPS) is 11.8. The first-order valence-corrected chi connectivity index (χ1v) is 10.8. The third-order valence-electron chi connectivity index (χ3n) is 5.25. The van der Waals surface area contributed by atoms with E-state index < -0.39 is 0 Å². The van der Waals surface area contributed by atoms with Gasteiger partial charge in [0.1, 0.15) is 12.3 Å². The average molecular weight is 430 g/mol. The van der Waals surface area contributed by atoms with Crippen molar-refractivity contribution in [1.29, 1.82) is 0 Å². The van der Waals surface area contributed by atoms with Gasteiger partial charge in [-0.15, -0.1) is 5.10 Å². The summed E-state index contributed by atoms with van der Waals surface area (Å²) >= 11 is 0. The van der Waals surface area contributed by atoms with E-state index in [1.54, 1.807) is 0 Å². The molecule has 0 bridgehead atoms. The molecule has 0 aliphatic heterocycles. The Hall–Kier alpha value is -3.03. The molecule has 2 rings (SSSR count). The Kier molecular flexibility index (Phi) is 9.37. The second-order valence-corrected chi connectivity index (χ2v) is 8.11. The molecule has 1 atom stereocenters. The van der Waals surface area contributed by atoms with E-state index in [1.165, 1.54) is 0 Å². The molecule has 1 unspecified atom stereocenters. The second-order valence-electron chi connectivity index (χ2n) is 8.11. The van der Waals surface area contributed by atoms with Gasteiger partial charge >= 0.3 is 0 Å². The van der Waals surface area contributed by atoms with Crippen LogP contribution in [0.15, 0.2) is 24.3 Å². The number of aromatic nitrogens is 2. The van der Waals surface area contributed by atoms with Gasteiger partial charge in [-0.2, -0.15) is 0 Å².